The maximum Gasteiger partial charge on any atom is 0.275 e. The first kappa shape index (κ1) is 18.3. The Morgan fingerprint density at radius 3 is 2.79 bits per heavy atom. The summed E-state index contributed by atoms with van der Waals surface area (Å²) in [5.74, 6) is 0.511. The van der Waals surface area contributed by atoms with E-state index in [1.165, 1.54) is 23.1 Å². The molecule has 1 amide bonds. The Morgan fingerprint density at radius 1 is 1.18 bits per heavy atom. The van der Waals surface area contributed by atoms with Crippen LogP contribution in [-0.4, -0.2) is 21.9 Å². The van der Waals surface area contributed by atoms with Crippen molar-refractivity contribution >= 4 is 51.8 Å². The molecule has 8 heteroatoms. The summed E-state index contributed by atoms with van der Waals surface area (Å²) in [5.41, 5.74) is 4.69. The number of carbonyl (C=O) groups is 1. The number of hydrogen-bond acceptors (Lipinski definition) is 7. The average Bonchev–Trinajstić information content (AvgIpc) is 3.37. The van der Waals surface area contributed by atoms with Crippen molar-refractivity contribution < 1.29 is 9.53 Å². The van der Waals surface area contributed by atoms with E-state index in [2.05, 4.69) is 27.4 Å². The quantitative estimate of drug-likeness (QED) is 0.694. The number of benzene rings is 2. The number of thioether (sulfide) groups is 1. The van der Waals surface area contributed by atoms with Crippen LogP contribution in [0.2, 0.25) is 0 Å². The Labute approximate surface area is 169 Å². The number of anilines is 1. The highest BCUT2D eigenvalue weighted by atomic mass is 32.2. The first-order chi connectivity index (χ1) is 13.7. The predicted octanol–water partition coefficient (Wildman–Crippen LogP) is 2.55. The minimum atomic E-state index is -0.170. The van der Waals surface area contributed by atoms with E-state index in [9.17, 15) is 4.79 Å². The van der Waals surface area contributed by atoms with Crippen molar-refractivity contribution in [1.29, 1.82) is 0 Å². The van der Waals surface area contributed by atoms with E-state index in [1.807, 2.05) is 60.0 Å². The summed E-state index contributed by atoms with van der Waals surface area (Å²) in [6.07, 6.45) is 0. The van der Waals surface area contributed by atoms with E-state index in [0.717, 1.165) is 21.7 Å². The van der Waals surface area contributed by atoms with Gasteiger partial charge in [-0.05, 0) is 11.3 Å². The SMILES string of the molecule is C=c1ccccc1=C1NN=C(SCC(=O)Nc2nc(-c3ccccc3)cs2)O1. The van der Waals surface area contributed by atoms with Gasteiger partial charge in [-0.3, -0.25) is 4.79 Å². The molecule has 0 saturated carbocycles. The number of thiazole rings is 1. The van der Waals surface area contributed by atoms with E-state index in [-0.39, 0.29) is 11.7 Å². The zero-order valence-corrected chi connectivity index (χ0v) is 16.3. The van der Waals surface area contributed by atoms with Gasteiger partial charge in [-0.2, -0.15) is 0 Å². The zero-order valence-electron chi connectivity index (χ0n) is 14.7. The molecule has 28 heavy (non-hydrogen) atoms. The van der Waals surface area contributed by atoms with Crippen LogP contribution in [0, 0.1) is 0 Å². The maximum atomic E-state index is 12.2. The van der Waals surface area contributed by atoms with Gasteiger partial charge in [0.15, 0.2) is 5.13 Å². The van der Waals surface area contributed by atoms with Crippen LogP contribution in [0.4, 0.5) is 5.13 Å². The minimum absolute atomic E-state index is 0.167. The molecule has 1 aliphatic heterocycles. The molecule has 0 bridgehead atoms. The van der Waals surface area contributed by atoms with E-state index in [1.54, 1.807) is 0 Å². The van der Waals surface area contributed by atoms with Gasteiger partial charge in [0, 0.05) is 16.2 Å². The topological polar surface area (TPSA) is 75.6 Å². The van der Waals surface area contributed by atoms with E-state index < -0.39 is 0 Å². The molecule has 3 aromatic rings. The molecule has 0 atom stereocenters. The zero-order chi connectivity index (χ0) is 19.3. The lowest BCUT2D eigenvalue weighted by atomic mass is 10.2. The number of carbonyl (C=O) groups excluding carboxylic acids is 1. The molecule has 140 valence electrons. The molecule has 1 aliphatic rings. The van der Waals surface area contributed by atoms with Gasteiger partial charge in [-0.15, -0.1) is 16.4 Å². The summed E-state index contributed by atoms with van der Waals surface area (Å²) in [6, 6.07) is 17.4. The van der Waals surface area contributed by atoms with Gasteiger partial charge in [0.05, 0.1) is 11.4 Å². The lowest BCUT2D eigenvalue weighted by molar-refractivity contribution is -0.113. The molecule has 0 saturated heterocycles. The van der Waals surface area contributed by atoms with Crippen LogP contribution in [0.15, 0.2) is 65.1 Å². The van der Waals surface area contributed by atoms with Gasteiger partial charge in [0.1, 0.15) is 0 Å². The fourth-order valence-corrected chi connectivity index (χ4v) is 3.82. The Kier molecular flexibility index (Phi) is 5.41. The highest BCUT2D eigenvalue weighted by molar-refractivity contribution is 8.14. The number of hydrazone groups is 1. The summed E-state index contributed by atoms with van der Waals surface area (Å²) in [4.78, 5) is 16.7. The summed E-state index contributed by atoms with van der Waals surface area (Å²) in [5, 5.41) is 11.5. The number of ether oxygens (including phenoxy) is 1. The van der Waals surface area contributed by atoms with Gasteiger partial charge in [0.2, 0.25) is 11.8 Å². The summed E-state index contributed by atoms with van der Waals surface area (Å²) < 4.78 is 5.68. The lowest BCUT2D eigenvalue weighted by Gasteiger charge is -2.02. The van der Waals surface area contributed by atoms with Crippen molar-refractivity contribution in [3.8, 4) is 11.3 Å². The third-order valence-electron chi connectivity index (χ3n) is 3.85. The monoisotopic (exact) mass is 408 g/mol. The van der Waals surface area contributed by atoms with Crippen molar-refractivity contribution in [2.75, 3.05) is 11.1 Å². The molecular formula is C20H16N4O2S2. The second-order valence-electron chi connectivity index (χ2n) is 5.82. The minimum Gasteiger partial charge on any atom is -0.413 e. The number of nitrogens with zero attached hydrogens (tertiary/aromatic N) is 2. The number of aromatic nitrogens is 1. The second-order valence-corrected chi connectivity index (χ2v) is 7.60. The van der Waals surface area contributed by atoms with Crippen molar-refractivity contribution in [1.82, 2.24) is 10.4 Å². The molecule has 2 N–H and O–H groups in total. The van der Waals surface area contributed by atoms with E-state index in [0.29, 0.717) is 16.2 Å². The Morgan fingerprint density at radius 2 is 1.96 bits per heavy atom. The largest absolute Gasteiger partial charge is 0.413 e. The Balaban J connectivity index is 1.32. The van der Waals surface area contributed by atoms with Crippen LogP contribution in [0.5, 0.6) is 0 Å². The van der Waals surface area contributed by atoms with Crippen molar-refractivity contribution in [3.63, 3.8) is 0 Å². The highest BCUT2D eigenvalue weighted by Crippen LogP contribution is 2.24. The predicted molar refractivity (Wildman–Crippen MR) is 115 cm³/mol. The standard InChI is InChI=1S/C20H16N4O2S2/c1-13-7-5-6-10-15(13)18-23-24-20(26-18)28-12-17(25)22-19-21-16(11-27-19)14-8-3-2-4-9-14/h2-11,23H,1,12H2,(H,21,22,25). The molecule has 2 heterocycles. The van der Waals surface area contributed by atoms with Crippen LogP contribution in [-0.2, 0) is 9.53 Å². The second kappa shape index (κ2) is 8.28. The van der Waals surface area contributed by atoms with Gasteiger partial charge in [0.25, 0.3) is 5.23 Å². The van der Waals surface area contributed by atoms with E-state index in [4.69, 9.17) is 4.74 Å². The van der Waals surface area contributed by atoms with Crippen LogP contribution < -0.4 is 21.2 Å². The Hall–Kier alpha value is -3.10. The molecule has 0 spiro atoms. The molecule has 0 fully saturated rings. The van der Waals surface area contributed by atoms with Crippen molar-refractivity contribution in [2.24, 2.45) is 5.10 Å². The summed E-state index contributed by atoms with van der Waals surface area (Å²) >= 11 is 2.60. The van der Waals surface area contributed by atoms with Gasteiger partial charge in [-0.25, -0.2) is 10.4 Å². The highest BCUT2D eigenvalue weighted by Gasteiger charge is 2.17. The van der Waals surface area contributed by atoms with Crippen LogP contribution >= 0.6 is 23.1 Å². The van der Waals surface area contributed by atoms with Gasteiger partial charge in [-0.1, -0.05) is 66.9 Å². The van der Waals surface area contributed by atoms with E-state index >= 15 is 0 Å². The number of hydrogen-bond donors (Lipinski definition) is 2. The molecule has 4 rings (SSSR count). The number of rotatable bonds is 4. The van der Waals surface area contributed by atoms with Crippen molar-refractivity contribution in [2.45, 2.75) is 0 Å². The summed E-state index contributed by atoms with van der Waals surface area (Å²) in [6.45, 7) is 3.97. The third-order valence-corrected chi connectivity index (χ3v) is 5.43. The number of amides is 1. The molecule has 1 aromatic heterocycles. The van der Waals surface area contributed by atoms with Gasteiger partial charge >= 0.3 is 0 Å². The fourth-order valence-electron chi connectivity index (χ4n) is 2.50. The first-order valence-corrected chi connectivity index (χ1v) is 10.3. The average molecular weight is 409 g/mol. The molecule has 0 radical (unpaired) electrons. The van der Waals surface area contributed by atoms with Crippen LogP contribution in [0.3, 0.4) is 0 Å². The smallest absolute Gasteiger partial charge is 0.275 e. The first-order valence-electron chi connectivity index (χ1n) is 8.42. The Bertz CT molecular complexity index is 1140. The summed E-state index contributed by atoms with van der Waals surface area (Å²) in [7, 11) is 0. The van der Waals surface area contributed by atoms with Gasteiger partial charge < -0.3 is 10.1 Å². The fraction of sp³-hybridized carbons (Fsp3) is 0.0500. The lowest BCUT2D eigenvalue weighted by Crippen LogP contribution is -2.28. The molecular weight excluding hydrogens is 392 g/mol. The molecule has 6 nitrogen and oxygen atoms in total. The normalized spacial score (nSPS) is 14.8. The van der Waals surface area contributed by atoms with Crippen LogP contribution in [0.1, 0.15) is 0 Å². The third kappa shape index (κ3) is 4.24. The van der Waals surface area contributed by atoms with Crippen molar-refractivity contribution in [3.05, 3.63) is 70.4 Å². The number of nitrogens with one attached hydrogen (secondary N) is 2. The molecule has 2 aromatic carbocycles. The maximum absolute atomic E-state index is 12.2. The molecule has 0 aliphatic carbocycles. The molecule has 0 unspecified atom stereocenters. The van der Waals surface area contributed by atoms with Crippen LogP contribution in [0.25, 0.3) is 23.7 Å².